The zero-order chi connectivity index (χ0) is 30.7. The monoisotopic (exact) mass is 635 g/mol. The number of fused-ring (bicyclic) bond motifs is 4. The third-order valence-corrected chi connectivity index (χ3v) is 9.32. The number of piperazine rings is 1. The van der Waals surface area contributed by atoms with Crippen LogP contribution < -0.4 is 9.80 Å². The Hall–Kier alpha value is -4.66. The highest BCUT2D eigenvalue weighted by Gasteiger charge is 2.44. The van der Waals surface area contributed by atoms with Gasteiger partial charge in [-0.2, -0.15) is 5.10 Å². The van der Waals surface area contributed by atoms with Crippen LogP contribution in [0.5, 0.6) is 0 Å². The van der Waals surface area contributed by atoms with E-state index in [9.17, 15) is 4.39 Å². The van der Waals surface area contributed by atoms with Crippen LogP contribution in [-0.4, -0.2) is 52.5 Å². The molecule has 45 heavy (non-hydrogen) atoms. The molecule has 0 radical (unpaired) electrons. The van der Waals surface area contributed by atoms with Crippen molar-refractivity contribution in [3.8, 4) is 5.69 Å². The Labute approximate surface area is 270 Å². The van der Waals surface area contributed by atoms with E-state index in [0.29, 0.717) is 23.1 Å². The highest BCUT2D eigenvalue weighted by atomic mass is 35.5. The van der Waals surface area contributed by atoms with Gasteiger partial charge in [0.25, 0.3) is 0 Å². The first-order valence-corrected chi connectivity index (χ1v) is 15.6. The van der Waals surface area contributed by atoms with Crippen LogP contribution in [0.1, 0.15) is 22.9 Å². The minimum absolute atomic E-state index is 0.236. The second-order valence-corrected chi connectivity index (χ2v) is 12.1. The number of halogens is 3. The molecule has 1 aromatic heterocycles. The lowest BCUT2D eigenvalue weighted by Crippen LogP contribution is -2.55. The second-order valence-electron chi connectivity index (χ2n) is 11.3. The summed E-state index contributed by atoms with van der Waals surface area (Å²) in [5.41, 5.74) is 6.25. The summed E-state index contributed by atoms with van der Waals surface area (Å²) in [6.45, 7) is 4.95. The van der Waals surface area contributed by atoms with Gasteiger partial charge in [-0.05, 0) is 67.6 Å². The van der Waals surface area contributed by atoms with Gasteiger partial charge in [0.05, 0.1) is 28.8 Å². The van der Waals surface area contributed by atoms with Crippen LogP contribution in [0.15, 0.2) is 107 Å². The average Bonchev–Trinajstić information content (AvgIpc) is 3.40. The highest BCUT2D eigenvalue weighted by Crippen LogP contribution is 2.51. The highest BCUT2D eigenvalue weighted by molar-refractivity contribution is 6.48. The molecule has 5 aromatic rings. The fraction of sp³-hybridized carbons (Fsp3) is 0.171. The summed E-state index contributed by atoms with van der Waals surface area (Å²) in [6, 6.07) is 30.0. The quantitative estimate of drug-likeness (QED) is 0.201. The molecule has 1 saturated heterocycles. The van der Waals surface area contributed by atoms with Crippen molar-refractivity contribution in [2.45, 2.75) is 13.0 Å². The molecule has 1 unspecified atom stereocenters. The number of rotatable bonds is 3. The van der Waals surface area contributed by atoms with Gasteiger partial charge in [-0.1, -0.05) is 59.6 Å². The molecule has 1 atom stereocenters. The summed E-state index contributed by atoms with van der Waals surface area (Å²) in [6.07, 6.45) is 0. The maximum Gasteiger partial charge on any atom is 0.179 e. The number of aryl methyl sites for hydroxylation is 1. The van der Waals surface area contributed by atoms with Gasteiger partial charge < -0.3 is 14.7 Å². The molecule has 0 aliphatic carbocycles. The van der Waals surface area contributed by atoms with Gasteiger partial charge in [0, 0.05) is 53.0 Å². The maximum atomic E-state index is 13.6. The van der Waals surface area contributed by atoms with E-state index in [1.165, 1.54) is 12.1 Å². The van der Waals surface area contributed by atoms with E-state index in [-0.39, 0.29) is 5.82 Å². The van der Waals surface area contributed by atoms with Gasteiger partial charge in [0.1, 0.15) is 5.82 Å². The van der Waals surface area contributed by atoms with E-state index >= 15 is 0 Å². The Morgan fingerprint density at radius 1 is 0.667 bits per heavy atom. The van der Waals surface area contributed by atoms with Crippen molar-refractivity contribution < 1.29 is 4.39 Å². The molecule has 224 valence electrons. The predicted octanol–water partition coefficient (Wildman–Crippen LogP) is 8.13. The smallest absolute Gasteiger partial charge is 0.179 e. The number of hydrogen-bond acceptors (Lipinski definition) is 6. The molecule has 0 N–H and O–H groups in total. The second kappa shape index (κ2) is 11.1. The average molecular weight is 637 g/mol. The molecule has 1 fully saturated rings. The summed E-state index contributed by atoms with van der Waals surface area (Å²) in [7, 11) is 0. The summed E-state index contributed by atoms with van der Waals surface area (Å²) in [4.78, 5) is 17.4. The molecule has 8 rings (SSSR count). The summed E-state index contributed by atoms with van der Waals surface area (Å²) < 4.78 is 15.5. The summed E-state index contributed by atoms with van der Waals surface area (Å²) >= 11 is 14.0. The third-order valence-electron chi connectivity index (χ3n) is 8.67. The zero-order valence-electron chi connectivity index (χ0n) is 24.4. The topological polar surface area (TPSA) is 52.3 Å². The van der Waals surface area contributed by atoms with Crippen LogP contribution in [0.2, 0.25) is 10.0 Å². The van der Waals surface area contributed by atoms with E-state index in [0.717, 1.165) is 70.1 Å². The Kier molecular flexibility index (Phi) is 6.84. The lowest BCUT2D eigenvalue weighted by molar-refractivity contribution is 0.389. The number of aliphatic imine (C=N–C) groups is 2. The molecule has 0 spiro atoms. The molecule has 4 aromatic carbocycles. The van der Waals surface area contributed by atoms with Crippen molar-refractivity contribution in [3.63, 3.8) is 0 Å². The van der Waals surface area contributed by atoms with Crippen LogP contribution in [0, 0.1) is 12.7 Å². The molecule has 7 nitrogen and oxygen atoms in total. The zero-order valence-corrected chi connectivity index (χ0v) is 25.9. The first-order chi connectivity index (χ1) is 22.0. The van der Waals surface area contributed by atoms with E-state index in [1.807, 2.05) is 90.5 Å². The largest absolute Gasteiger partial charge is 0.368 e. The number of aromatic nitrogens is 2. The number of benzene rings is 4. The van der Waals surface area contributed by atoms with Crippen molar-refractivity contribution in [2.75, 3.05) is 36.0 Å². The van der Waals surface area contributed by atoms with Crippen LogP contribution in [0.25, 0.3) is 5.69 Å². The Balaban J connectivity index is 1.30. The van der Waals surface area contributed by atoms with E-state index in [4.69, 9.17) is 38.3 Å². The van der Waals surface area contributed by atoms with E-state index < -0.39 is 6.04 Å². The third kappa shape index (κ3) is 4.67. The van der Waals surface area contributed by atoms with Gasteiger partial charge in [-0.3, -0.25) is 0 Å². The molecule has 0 amide bonds. The number of nitrogens with zero attached hydrogens (tertiary/aromatic N) is 7. The number of anilines is 2. The van der Waals surface area contributed by atoms with Gasteiger partial charge >= 0.3 is 0 Å². The minimum atomic E-state index is -0.404. The molecule has 10 heteroatoms. The molecule has 3 aliphatic heterocycles. The number of amidine groups is 2. The minimum Gasteiger partial charge on any atom is -0.368 e. The van der Waals surface area contributed by atoms with Crippen molar-refractivity contribution >= 4 is 57.8 Å². The van der Waals surface area contributed by atoms with Crippen LogP contribution >= 0.6 is 23.2 Å². The van der Waals surface area contributed by atoms with Crippen LogP contribution in [0.4, 0.5) is 27.3 Å². The first kappa shape index (κ1) is 27.9. The fourth-order valence-electron chi connectivity index (χ4n) is 6.53. The van der Waals surface area contributed by atoms with Crippen molar-refractivity contribution in [1.82, 2.24) is 14.7 Å². The van der Waals surface area contributed by atoms with Crippen molar-refractivity contribution in [2.24, 2.45) is 9.98 Å². The fourth-order valence-corrected chi connectivity index (χ4v) is 7.14. The number of para-hydroxylation sites is 3. The molecule has 4 heterocycles. The standard InChI is InChI=1S/C35H28Cl2FN7/c1-22-30-32(31-26(36)10-7-11-27(31)37)44-29-13-6-5-12-28(29)39-34(35(44)40-33(30)45(41-22)25-8-3-2-4-9-25)43-20-18-42(19-21-43)24-16-14-23(38)15-17-24/h2-17,32H,18-21H2,1H3. The van der Waals surface area contributed by atoms with Gasteiger partial charge in [-0.15, -0.1) is 0 Å². The number of hydrogen-bond donors (Lipinski definition) is 0. The molecule has 3 aliphatic rings. The lowest BCUT2D eigenvalue weighted by atomic mass is 9.93. The van der Waals surface area contributed by atoms with Crippen molar-refractivity contribution in [1.29, 1.82) is 0 Å². The van der Waals surface area contributed by atoms with Gasteiger partial charge in [-0.25, -0.2) is 19.1 Å². The molecule has 0 saturated carbocycles. The Bertz CT molecular complexity index is 1960. The van der Waals surface area contributed by atoms with Gasteiger partial charge in [0.15, 0.2) is 17.5 Å². The summed E-state index contributed by atoms with van der Waals surface area (Å²) in [5, 5.41) is 6.15. The van der Waals surface area contributed by atoms with Gasteiger partial charge in [0.2, 0.25) is 0 Å². The SMILES string of the molecule is Cc1nn(-c2ccccc2)c2c1C(c1c(Cl)cccc1Cl)N1C(=N2)C(N2CCN(c3ccc(F)cc3)CC2)=Nc2ccccc21. The molecule has 0 bridgehead atoms. The van der Waals surface area contributed by atoms with Crippen molar-refractivity contribution in [3.05, 3.63) is 130 Å². The first-order valence-electron chi connectivity index (χ1n) is 14.9. The maximum absolute atomic E-state index is 13.6. The lowest BCUT2D eigenvalue weighted by Gasteiger charge is -2.45. The molecular formula is C35H28Cl2FN7. The Morgan fingerprint density at radius 2 is 1.33 bits per heavy atom. The normalized spacial score (nSPS) is 17.3. The van der Waals surface area contributed by atoms with E-state index in [1.54, 1.807) is 0 Å². The summed E-state index contributed by atoms with van der Waals surface area (Å²) in [5.74, 6) is 1.99. The van der Waals surface area contributed by atoms with Crippen LogP contribution in [0.3, 0.4) is 0 Å². The van der Waals surface area contributed by atoms with Crippen LogP contribution in [-0.2, 0) is 0 Å². The molecular weight excluding hydrogens is 608 g/mol. The predicted molar refractivity (Wildman–Crippen MR) is 180 cm³/mol. The van der Waals surface area contributed by atoms with E-state index in [2.05, 4.69) is 20.8 Å². The Morgan fingerprint density at radius 3 is 2.07 bits per heavy atom.